The van der Waals surface area contributed by atoms with E-state index in [4.69, 9.17) is 4.74 Å². The molecule has 0 spiro atoms. The minimum absolute atomic E-state index is 0.440. The molecule has 94 valence electrons. The minimum Gasteiger partial charge on any atom is -0.478 e. The third kappa shape index (κ3) is 3.32. The Morgan fingerprint density at radius 2 is 2.35 bits per heavy atom. The van der Waals surface area contributed by atoms with E-state index in [1.807, 2.05) is 6.92 Å². The van der Waals surface area contributed by atoms with E-state index in [0.717, 1.165) is 0 Å². The molecule has 1 aliphatic carbocycles. The Morgan fingerprint density at radius 3 is 3.00 bits per heavy atom. The summed E-state index contributed by atoms with van der Waals surface area (Å²) in [6.45, 7) is 7.21. The van der Waals surface area contributed by atoms with Crippen LogP contribution in [0.2, 0.25) is 0 Å². The molecule has 1 aliphatic rings. The van der Waals surface area contributed by atoms with E-state index in [1.165, 1.54) is 19.3 Å². The number of hydrogen-bond acceptors (Lipinski definition) is 4. The Morgan fingerprint density at radius 1 is 1.53 bits per heavy atom. The zero-order chi connectivity index (χ0) is 12.3. The molecule has 0 radical (unpaired) electrons. The molecule has 1 heterocycles. The van der Waals surface area contributed by atoms with Crippen LogP contribution in [0.5, 0.6) is 5.88 Å². The van der Waals surface area contributed by atoms with Crippen molar-refractivity contribution in [3.05, 3.63) is 12.3 Å². The molecule has 1 fully saturated rings. The number of hydrogen-bond donors (Lipinski definition) is 1. The van der Waals surface area contributed by atoms with Crippen molar-refractivity contribution in [1.82, 2.24) is 9.97 Å². The van der Waals surface area contributed by atoms with Crippen molar-refractivity contribution in [2.24, 2.45) is 5.41 Å². The highest BCUT2D eigenvalue weighted by molar-refractivity contribution is 5.29. The predicted molar refractivity (Wildman–Crippen MR) is 68.2 cm³/mol. The first-order valence-corrected chi connectivity index (χ1v) is 6.31. The first-order valence-electron chi connectivity index (χ1n) is 6.31. The molecular weight excluding hydrogens is 214 g/mol. The average molecular weight is 235 g/mol. The van der Waals surface area contributed by atoms with Crippen molar-refractivity contribution in [3.63, 3.8) is 0 Å². The van der Waals surface area contributed by atoms with Crippen LogP contribution in [0.25, 0.3) is 0 Å². The number of nitrogens with one attached hydrogen (secondary N) is 1. The third-order valence-electron chi connectivity index (χ3n) is 3.22. The van der Waals surface area contributed by atoms with Crippen molar-refractivity contribution in [2.45, 2.75) is 46.1 Å². The molecule has 0 aromatic carbocycles. The fraction of sp³-hybridized carbons (Fsp3) is 0.692. The van der Waals surface area contributed by atoms with E-state index >= 15 is 0 Å². The Labute approximate surface area is 103 Å². The molecule has 4 nitrogen and oxygen atoms in total. The normalized spacial score (nSPS) is 22.4. The highest BCUT2D eigenvalue weighted by atomic mass is 16.5. The summed E-state index contributed by atoms with van der Waals surface area (Å²) in [6.07, 6.45) is 5.36. The second kappa shape index (κ2) is 4.90. The molecule has 1 aromatic rings. The van der Waals surface area contributed by atoms with Gasteiger partial charge in [0.05, 0.1) is 6.61 Å². The number of ether oxygens (including phenoxy) is 1. The van der Waals surface area contributed by atoms with E-state index < -0.39 is 0 Å². The summed E-state index contributed by atoms with van der Waals surface area (Å²) in [7, 11) is 0. The second-order valence-corrected chi connectivity index (χ2v) is 5.40. The lowest BCUT2D eigenvalue weighted by Crippen LogP contribution is -2.19. The van der Waals surface area contributed by atoms with E-state index in [1.54, 1.807) is 12.3 Å². The summed E-state index contributed by atoms with van der Waals surface area (Å²) < 4.78 is 5.36. The minimum atomic E-state index is 0.440. The topological polar surface area (TPSA) is 47.0 Å². The molecule has 17 heavy (non-hydrogen) atoms. The molecule has 0 saturated heterocycles. The molecule has 1 unspecified atom stereocenters. The predicted octanol–water partition coefficient (Wildman–Crippen LogP) is 2.87. The maximum Gasteiger partial charge on any atom is 0.226 e. The summed E-state index contributed by atoms with van der Waals surface area (Å²) in [5, 5.41) is 3.39. The Kier molecular flexibility index (Phi) is 3.50. The van der Waals surface area contributed by atoms with Crippen molar-refractivity contribution in [1.29, 1.82) is 0 Å². The van der Waals surface area contributed by atoms with E-state index in [0.29, 0.717) is 29.9 Å². The fourth-order valence-corrected chi connectivity index (χ4v) is 2.38. The van der Waals surface area contributed by atoms with Gasteiger partial charge in [0.2, 0.25) is 11.8 Å². The zero-order valence-corrected chi connectivity index (χ0v) is 10.9. The van der Waals surface area contributed by atoms with E-state index in [2.05, 4.69) is 29.1 Å². The lowest BCUT2D eigenvalue weighted by molar-refractivity contribution is 0.326. The Balaban J connectivity index is 1.97. The van der Waals surface area contributed by atoms with Gasteiger partial charge in [0.25, 0.3) is 0 Å². The molecule has 0 bridgehead atoms. The standard InChI is InChI=1S/C13H21N3O/c1-4-17-11-6-8-14-12(16-11)15-10-5-7-13(2,3)9-10/h6,8,10H,4-5,7,9H2,1-3H3,(H,14,15,16). The van der Waals surface area contributed by atoms with Gasteiger partial charge in [-0.25, -0.2) is 4.98 Å². The quantitative estimate of drug-likeness (QED) is 0.871. The Bertz CT molecular complexity index is 379. The van der Waals surface area contributed by atoms with Gasteiger partial charge in [0, 0.05) is 18.3 Å². The molecule has 2 rings (SSSR count). The van der Waals surface area contributed by atoms with Gasteiger partial charge in [-0.3, -0.25) is 0 Å². The lowest BCUT2D eigenvalue weighted by atomic mass is 9.92. The maximum absolute atomic E-state index is 5.36. The van der Waals surface area contributed by atoms with Gasteiger partial charge in [0.1, 0.15) is 0 Å². The molecule has 1 aromatic heterocycles. The summed E-state index contributed by atoms with van der Waals surface area (Å²) in [6, 6.07) is 2.27. The van der Waals surface area contributed by atoms with Gasteiger partial charge < -0.3 is 10.1 Å². The lowest BCUT2D eigenvalue weighted by Gasteiger charge is -2.17. The summed E-state index contributed by atoms with van der Waals surface area (Å²) >= 11 is 0. The molecule has 1 N–H and O–H groups in total. The van der Waals surface area contributed by atoms with Gasteiger partial charge in [-0.2, -0.15) is 4.98 Å². The smallest absolute Gasteiger partial charge is 0.226 e. The van der Waals surface area contributed by atoms with Crippen LogP contribution in [0.15, 0.2) is 12.3 Å². The van der Waals surface area contributed by atoms with Gasteiger partial charge >= 0.3 is 0 Å². The molecular formula is C13H21N3O. The van der Waals surface area contributed by atoms with Crippen LogP contribution in [0.4, 0.5) is 5.95 Å². The molecule has 0 amide bonds. The van der Waals surface area contributed by atoms with Crippen LogP contribution < -0.4 is 10.1 Å². The van der Waals surface area contributed by atoms with Crippen LogP contribution >= 0.6 is 0 Å². The monoisotopic (exact) mass is 235 g/mol. The van der Waals surface area contributed by atoms with E-state index in [-0.39, 0.29) is 0 Å². The van der Waals surface area contributed by atoms with Gasteiger partial charge in [-0.1, -0.05) is 13.8 Å². The summed E-state index contributed by atoms with van der Waals surface area (Å²) in [5.41, 5.74) is 0.440. The van der Waals surface area contributed by atoms with Crippen molar-refractivity contribution >= 4 is 5.95 Å². The Hall–Kier alpha value is -1.32. The molecule has 0 aliphatic heterocycles. The average Bonchev–Trinajstić information content (AvgIpc) is 2.59. The van der Waals surface area contributed by atoms with Crippen LogP contribution in [-0.2, 0) is 0 Å². The van der Waals surface area contributed by atoms with Crippen molar-refractivity contribution < 1.29 is 4.74 Å². The highest BCUT2D eigenvalue weighted by Crippen LogP contribution is 2.37. The third-order valence-corrected chi connectivity index (χ3v) is 3.22. The van der Waals surface area contributed by atoms with Crippen LogP contribution in [-0.4, -0.2) is 22.6 Å². The largest absolute Gasteiger partial charge is 0.478 e. The maximum atomic E-state index is 5.36. The molecule has 1 atom stereocenters. The first kappa shape index (κ1) is 12.1. The zero-order valence-electron chi connectivity index (χ0n) is 10.9. The fourth-order valence-electron chi connectivity index (χ4n) is 2.38. The molecule has 1 saturated carbocycles. The van der Waals surface area contributed by atoms with E-state index in [9.17, 15) is 0 Å². The highest BCUT2D eigenvalue weighted by Gasteiger charge is 2.31. The summed E-state index contributed by atoms with van der Waals surface area (Å²) in [4.78, 5) is 8.56. The second-order valence-electron chi connectivity index (χ2n) is 5.40. The van der Waals surface area contributed by atoms with Gasteiger partial charge in [0.15, 0.2) is 0 Å². The van der Waals surface area contributed by atoms with Gasteiger partial charge in [-0.05, 0) is 31.6 Å². The first-order chi connectivity index (χ1) is 8.09. The van der Waals surface area contributed by atoms with Crippen LogP contribution in [0.1, 0.15) is 40.0 Å². The van der Waals surface area contributed by atoms with Gasteiger partial charge in [-0.15, -0.1) is 0 Å². The SMILES string of the molecule is CCOc1ccnc(NC2CCC(C)(C)C2)n1. The number of anilines is 1. The van der Waals surface area contributed by atoms with Crippen LogP contribution in [0, 0.1) is 5.41 Å². The summed E-state index contributed by atoms with van der Waals surface area (Å²) in [5.74, 6) is 1.32. The molecule has 4 heteroatoms. The van der Waals surface area contributed by atoms with Crippen molar-refractivity contribution in [2.75, 3.05) is 11.9 Å². The number of aromatic nitrogens is 2. The number of nitrogens with zero attached hydrogens (tertiary/aromatic N) is 2. The van der Waals surface area contributed by atoms with Crippen molar-refractivity contribution in [3.8, 4) is 5.88 Å². The number of rotatable bonds is 4. The van der Waals surface area contributed by atoms with Crippen LogP contribution in [0.3, 0.4) is 0 Å².